The van der Waals surface area contributed by atoms with E-state index in [-0.39, 0.29) is 30.6 Å². The highest BCUT2D eigenvalue weighted by Gasteiger charge is 2.48. The quantitative estimate of drug-likeness (QED) is 0.888. The molecule has 24 heavy (non-hydrogen) atoms. The monoisotopic (exact) mass is 331 g/mol. The normalized spacial score (nSPS) is 25.6. The number of nitrogens with zero attached hydrogens (tertiary/aromatic N) is 1. The van der Waals surface area contributed by atoms with Crippen LogP contribution in [0.1, 0.15) is 56.1 Å². The van der Waals surface area contributed by atoms with E-state index < -0.39 is 11.6 Å². The molecule has 130 valence electrons. The number of aliphatic hydroxyl groups is 1. The fraction of sp³-hybridized carbons (Fsp3) is 0.579. The zero-order valence-electron chi connectivity index (χ0n) is 14.2. The van der Waals surface area contributed by atoms with Gasteiger partial charge in [-0.3, -0.25) is 4.79 Å². The minimum absolute atomic E-state index is 0.00548. The Balaban J connectivity index is 1.57. The summed E-state index contributed by atoms with van der Waals surface area (Å²) >= 11 is 0. The van der Waals surface area contributed by atoms with Gasteiger partial charge in [-0.2, -0.15) is 0 Å². The van der Waals surface area contributed by atoms with Crippen LogP contribution in [0.3, 0.4) is 0 Å². The predicted octanol–water partition coefficient (Wildman–Crippen LogP) is 2.35. The largest absolute Gasteiger partial charge is 0.479 e. The van der Waals surface area contributed by atoms with Gasteiger partial charge in [0, 0.05) is 31.8 Å². The molecule has 0 aromatic heterocycles. The first kappa shape index (κ1) is 17.0. The molecule has 2 unspecified atom stereocenters. The smallest absolute Gasteiger partial charge is 0.335 e. The molecule has 2 atom stereocenters. The van der Waals surface area contributed by atoms with Crippen molar-refractivity contribution in [3.8, 4) is 0 Å². The zero-order chi connectivity index (χ0) is 17.5. The van der Waals surface area contributed by atoms with E-state index in [2.05, 4.69) is 38.1 Å². The molecule has 2 aliphatic rings. The van der Waals surface area contributed by atoms with Gasteiger partial charge in [-0.25, -0.2) is 4.79 Å². The molecule has 1 heterocycles. The Morgan fingerprint density at radius 2 is 1.75 bits per heavy atom. The molecule has 0 bridgehead atoms. The van der Waals surface area contributed by atoms with E-state index in [4.69, 9.17) is 5.11 Å². The van der Waals surface area contributed by atoms with Crippen LogP contribution in [-0.2, 0) is 9.59 Å². The van der Waals surface area contributed by atoms with Crippen LogP contribution in [0.2, 0.25) is 0 Å². The molecule has 3 rings (SSSR count). The van der Waals surface area contributed by atoms with Crippen molar-refractivity contribution in [3.05, 3.63) is 35.4 Å². The summed E-state index contributed by atoms with van der Waals surface area (Å²) in [6.45, 7) is 4.95. The minimum atomic E-state index is -1.67. The van der Waals surface area contributed by atoms with Gasteiger partial charge in [0.1, 0.15) is 0 Å². The molecule has 1 aliphatic heterocycles. The number of carboxylic acid groups (broad SMARTS) is 1. The number of carboxylic acids is 1. The van der Waals surface area contributed by atoms with Crippen LogP contribution in [-0.4, -0.2) is 45.7 Å². The van der Waals surface area contributed by atoms with Gasteiger partial charge in [-0.15, -0.1) is 0 Å². The lowest BCUT2D eigenvalue weighted by Crippen LogP contribution is -2.51. The maximum Gasteiger partial charge on any atom is 0.335 e. The summed E-state index contributed by atoms with van der Waals surface area (Å²) in [5.41, 5.74) is 0.829. The molecular weight excluding hydrogens is 306 g/mol. The van der Waals surface area contributed by atoms with Crippen LogP contribution in [0.15, 0.2) is 24.3 Å². The SMILES string of the molecule is CC(C)c1ccc(C2CC2C(=O)N2CCC(O)(C(=O)O)CC2)cc1. The first-order chi connectivity index (χ1) is 11.3. The van der Waals surface area contributed by atoms with Gasteiger partial charge in [0.25, 0.3) is 0 Å². The maximum absolute atomic E-state index is 12.6. The average molecular weight is 331 g/mol. The number of benzene rings is 1. The second kappa shape index (κ2) is 6.20. The highest BCUT2D eigenvalue weighted by atomic mass is 16.4. The van der Waals surface area contributed by atoms with E-state index in [0.29, 0.717) is 19.0 Å². The lowest BCUT2D eigenvalue weighted by molar-refractivity contribution is -0.165. The Bertz CT molecular complexity index is 629. The number of rotatable bonds is 4. The summed E-state index contributed by atoms with van der Waals surface area (Å²) in [6, 6.07) is 8.50. The van der Waals surface area contributed by atoms with E-state index >= 15 is 0 Å². The molecule has 1 aromatic rings. The van der Waals surface area contributed by atoms with Crippen molar-refractivity contribution in [2.45, 2.75) is 50.5 Å². The van der Waals surface area contributed by atoms with Crippen molar-refractivity contribution < 1.29 is 19.8 Å². The van der Waals surface area contributed by atoms with E-state index in [1.54, 1.807) is 4.90 Å². The van der Waals surface area contributed by atoms with Crippen molar-refractivity contribution in [1.29, 1.82) is 0 Å². The second-order valence-corrected chi connectivity index (χ2v) is 7.43. The average Bonchev–Trinajstić information content (AvgIpc) is 3.35. The summed E-state index contributed by atoms with van der Waals surface area (Å²) < 4.78 is 0. The summed E-state index contributed by atoms with van der Waals surface area (Å²) in [7, 11) is 0. The fourth-order valence-corrected chi connectivity index (χ4v) is 3.51. The molecule has 1 saturated heterocycles. The summed E-state index contributed by atoms with van der Waals surface area (Å²) in [5.74, 6) is -0.313. The van der Waals surface area contributed by atoms with Gasteiger partial charge in [0.05, 0.1) is 0 Å². The van der Waals surface area contributed by atoms with Gasteiger partial charge in [-0.1, -0.05) is 38.1 Å². The number of carbonyl (C=O) groups is 2. The van der Waals surface area contributed by atoms with E-state index in [1.165, 1.54) is 11.1 Å². The summed E-state index contributed by atoms with van der Waals surface area (Å²) in [4.78, 5) is 25.4. The van der Waals surface area contributed by atoms with Crippen LogP contribution in [0.5, 0.6) is 0 Å². The number of hydrogen-bond donors (Lipinski definition) is 2. The minimum Gasteiger partial charge on any atom is -0.479 e. The molecular formula is C19H25NO4. The maximum atomic E-state index is 12.6. The van der Waals surface area contributed by atoms with Gasteiger partial charge in [-0.05, 0) is 29.4 Å². The van der Waals surface area contributed by atoms with E-state index in [1.807, 2.05) is 0 Å². The second-order valence-electron chi connectivity index (χ2n) is 7.43. The standard InChI is InChI=1S/C19H25NO4/c1-12(2)13-3-5-14(6-4-13)15-11-16(15)17(21)20-9-7-19(24,8-10-20)18(22)23/h3-6,12,15-16,24H,7-11H2,1-2H3,(H,22,23). The van der Waals surface area contributed by atoms with Crippen molar-refractivity contribution >= 4 is 11.9 Å². The first-order valence-corrected chi connectivity index (χ1v) is 8.66. The van der Waals surface area contributed by atoms with E-state index in [0.717, 1.165) is 6.42 Å². The Kier molecular flexibility index (Phi) is 4.38. The Morgan fingerprint density at radius 1 is 1.17 bits per heavy atom. The molecule has 1 aliphatic carbocycles. The summed E-state index contributed by atoms with van der Waals surface area (Å²) in [6.07, 6.45) is 1.07. The zero-order valence-corrected chi connectivity index (χ0v) is 14.2. The number of carbonyl (C=O) groups excluding carboxylic acids is 1. The highest BCUT2D eigenvalue weighted by Crippen LogP contribution is 2.49. The molecule has 1 amide bonds. The van der Waals surface area contributed by atoms with Crippen molar-refractivity contribution in [3.63, 3.8) is 0 Å². The topological polar surface area (TPSA) is 77.8 Å². The molecule has 1 aromatic carbocycles. The number of hydrogen-bond acceptors (Lipinski definition) is 3. The molecule has 2 N–H and O–H groups in total. The number of aliphatic carboxylic acids is 1. The molecule has 5 nitrogen and oxygen atoms in total. The number of likely N-dealkylation sites (tertiary alicyclic amines) is 1. The third-order valence-corrected chi connectivity index (χ3v) is 5.44. The van der Waals surface area contributed by atoms with Crippen LogP contribution in [0.25, 0.3) is 0 Å². The fourth-order valence-electron chi connectivity index (χ4n) is 3.51. The first-order valence-electron chi connectivity index (χ1n) is 8.66. The highest BCUT2D eigenvalue weighted by molar-refractivity contribution is 5.84. The van der Waals surface area contributed by atoms with Gasteiger partial charge >= 0.3 is 5.97 Å². The molecule has 0 spiro atoms. The molecule has 0 radical (unpaired) electrons. The number of amides is 1. The lowest BCUT2D eigenvalue weighted by Gasteiger charge is -2.35. The van der Waals surface area contributed by atoms with Gasteiger partial charge < -0.3 is 15.1 Å². The van der Waals surface area contributed by atoms with Crippen molar-refractivity contribution in [1.82, 2.24) is 4.90 Å². The molecule has 1 saturated carbocycles. The lowest BCUT2D eigenvalue weighted by atomic mass is 9.91. The van der Waals surface area contributed by atoms with Crippen molar-refractivity contribution in [2.24, 2.45) is 5.92 Å². The van der Waals surface area contributed by atoms with Crippen LogP contribution in [0, 0.1) is 5.92 Å². The predicted molar refractivity (Wildman–Crippen MR) is 89.8 cm³/mol. The Hall–Kier alpha value is -1.88. The Morgan fingerprint density at radius 3 is 2.25 bits per heavy atom. The third kappa shape index (κ3) is 3.18. The van der Waals surface area contributed by atoms with Gasteiger partial charge in [0.2, 0.25) is 5.91 Å². The third-order valence-electron chi connectivity index (χ3n) is 5.44. The van der Waals surface area contributed by atoms with Crippen LogP contribution < -0.4 is 0 Å². The molecule has 2 fully saturated rings. The van der Waals surface area contributed by atoms with Gasteiger partial charge in [0.15, 0.2) is 5.60 Å². The number of piperidine rings is 1. The van der Waals surface area contributed by atoms with Crippen LogP contribution in [0.4, 0.5) is 0 Å². The van der Waals surface area contributed by atoms with Crippen LogP contribution >= 0.6 is 0 Å². The Labute approximate surface area is 142 Å². The molecule has 5 heteroatoms. The van der Waals surface area contributed by atoms with Crippen molar-refractivity contribution in [2.75, 3.05) is 13.1 Å². The summed E-state index contributed by atoms with van der Waals surface area (Å²) in [5, 5.41) is 19.0. The van der Waals surface area contributed by atoms with E-state index in [9.17, 15) is 14.7 Å².